The minimum Gasteiger partial charge on any atom is -0.493 e. The molecule has 0 aromatic heterocycles. The summed E-state index contributed by atoms with van der Waals surface area (Å²) in [6.07, 6.45) is 3.07. The van der Waals surface area contributed by atoms with Crippen molar-refractivity contribution >= 4 is 38.9 Å². The molecule has 0 fully saturated rings. The van der Waals surface area contributed by atoms with E-state index in [0.29, 0.717) is 30.1 Å². The molecule has 4 nitrogen and oxygen atoms in total. The second-order valence-corrected chi connectivity index (χ2v) is 9.36. The van der Waals surface area contributed by atoms with Gasteiger partial charge >= 0.3 is 0 Å². The van der Waals surface area contributed by atoms with Gasteiger partial charge in [-0.2, -0.15) is 0 Å². The van der Waals surface area contributed by atoms with Crippen molar-refractivity contribution in [3.8, 4) is 0 Å². The number of allylic oxidation sites excluding steroid dienone is 1. The van der Waals surface area contributed by atoms with Gasteiger partial charge in [0.15, 0.2) is 11.6 Å². The van der Waals surface area contributed by atoms with Gasteiger partial charge in [-0.25, -0.2) is 0 Å². The minimum absolute atomic E-state index is 0.0276. The SMILES string of the molecule is O=C(/C=C(/OCCCCOCC(=O)c1ccccc1)c1cccc2ccccc12)c1ccc2ccccc2c1. The lowest BCUT2D eigenvalue weighted by Crippen LogP contribution is -2.10. The Bertz CT molecular complexity index is 1610. The minimum atomic E-state index is -0.105. The lowest BCUT2D eigenvalue weighted by atomic mass is 10.0. The van der Waals surface area contributed by atoms with Crippen LogP contribution < -0.4 is 0 Å². The highest BCUT2D eigenvalue weighted by atomic mass is 16.5. The Hall–Kier alpha value is -4.54. The first-order valence-electron chi connectivity index (χ1n) is 13.2. The van der Waals surface area contributed by atoms with Crippen LogP contribution in [0.2, 0.25) is 0 Å². The van der Waals surface area contributed by atoms with Gasteiger partial charge in [0.2, 0.25) is 0 Å². The lowest BCUT2D eigenvalue weighted by Gasteiger charge is -2.14. The van der Waals surface area contributed by atoms with Crippen LogP contribution in [0.4, 0.5) is 0 Å². The van der Waals surface area contributed by atoms with Gasteiger partial charge in [0, 0.05) is 29.4 Å². The van der Waals surface area contributed by atoms with Gasteiger partial charge in [0.1, 0.15) is 12.4 Å². The molecule has 0 aliphatic rings. The summed E-state index contributed by atoms with van der Waals surface area (Å²) in [5.74, 6) is 0.414. The number of benzene rings is 5. The molecule has 0 aliphatic carbocycles. The molecule has 0 N–H and O–H groups in total. The van der Waals surface area contributed by atoms with Gasteiger partial charge in [0.05, 0.1) is 6.61 Å². The Balaban J connectivity index is 1.26. The molecule has 0 heterocycles. The Kier molecular flexibility index (Phi) is 8.57. The Morgan fingerprint density at radius 1 is 0.615 bits per heavy atom. The summed E-state index contributed by atoms with van der Waals surface area (Å²) in [5, 5.41) is 4.23. The van der Waals surface area contributed by atoms with E-state index in [1.54, 1.807) is 18.2 Å². The zero-order chi connectivity index (χ0) is 26.9. The first-order chi connectivity index (χ1) is 19.2. The normalized spacial score (nSPS) is 11.5. The molecule has 0 unspecified atom stereocenters. The smallest absolute Gasteiger partial charge is 0.189 e. The average Bonchev–Trinajstić information content (AvgIpc) is 2.99. The highest BCUT2D eigenvalue weighted by molar-refractivity contribution is 6.10. The van der Waals surface area contributed by atoms with Crippen LogP contribution in [-0.4, -0.2) is 31.4 Å². The molecule has 5 rings (SSSR count). The van der Waals surface area contributed by atoms with Crippen molar-refractivity contribution in [3.05, 3.63) is 138 Å². The van der Waals surface area contributed by atoms with Crippen LogP contribution in [0.3, 0.4) is 0 Å². The van der Waals surface area contributed by atoms with Crippen molar-refractivity contribution in [2.75, 3.05) is 19.8 Å². The van der Waals surface area contributed by atoms with E-state index in [4.69, 9.17) is 9.47 Å². The molecule has 5 aromatic carbocycles. The monoisotopic (exact) mass is 514 g/mol. The number of ketones is 2. The van der Waals surface area contributed by atoms with Gasteiger partial charge in [-0.15, -0.1) is 0 Å². The zero-order valence-corrected chi connectivity index (χ0v) is 21.7. The van der Waals surface area contributed by atoms with Gasteiger partial charge in [0.25, 0.3) is 0 Å². The van der Waals surface area contributed by atoms with E-state index in [0.717, 1.165) is 39.9 Å². The van der Waals surface area contributed by atoms with Gasteiger partial charge in [-0.1, -0.05) is 109 Å². The van der Waals surface area contributed by atoms with Crippen LogP contribution in [-0.2, 0) is 9.47 Å². The summed E-state index contributed by atoms with van der Waals surface area (Å²) >= 11 is 0. The summed E-state index contributed by atoms with van der Waals surface area (Å²) in [6.45, 7) is 0.952. The maximum atomic E-state index is 13.4. The summed E-state index contributed by atoms with van der Waals surface area (Å²) in [7, 11) is 0. The average molecular weight is 515 g/mol. The van der Waals surface area contributed by atoms with E-state index < -0.39 is 0 Å². The highest BCUT2D eigenvalue weighted by Crippen LogP contribution is 2.27. The van der Waals surface area contributed by atoms with E-state index in [1.807, 2.05) is 91.0 Å². The predicted octanol–water partition coefficient (Wildman–Crippen LogP) is 7.91. The van der Waals surface area contributed by atoms with Gasteiger partial charge < -0.3 is 9.47 Å². The molecule has 0 bridgehead atoms. The third-order valence-electron chi connectivity index (χ3n) is 6.62. The summed E-state index contributed by atoms with van der Waals surface area (Å²) in [6, 6.07) is 37.0. The number of unbranched alkanes of at least 4 members (excludes halogenated alkanes) is 1. The van der Waals surface area contributed by atoms with E-state index in [1.165, 1.54) is 0 Å². The lowest BCUT2D eigenvalue weighted by molar-refractivity contribution is 0.0746. The third-order valence-corrected chi connectivity index (χ3v) is 6.62. The number of hydrogen-bond acceptors (Lipinski definition) is 4. The molecule has 0 saturated carbocycles. The van der Waals surface area contributed by atoms with Crippen molar-refractivity contribution in [2.24, 2.45) is 0 Å². The molecular formula is C35H30O4. The molecule has 194 valence electrons. The van der Waals surface area contributed by atoms with Gasteiger partial charge in [-0.05, 0) is 40.5 Å². The summed E-state index contributed by atoms with van der Waals surface area (Å²) < 4.78 is 11.8. The molecule has 0 spiro atoms. The fraction of sp³-hybridized carbons (Fsp3) is 0.143. The first-order valence-corrected chi connectivity index (χ1v) is 13.2. The second kappa shape index (κ2) is 12.8. The standard InChI is InChI=1S/C35H30O4/c36-33(30-20-19-26-11-4-5-15-29(26)23-30)24-35(32-18-10-16-27-12-6-7-17-31(27)32)39-22-9-8-21-38-25-34(37)28-13-2-1-3-14-28/h1-7,10-20,23-24H,8-9,21-22,25H2/b35-24+. The maximum Gasteiger partial charge on any atom is 0.189 e. The van der Waals surface area contributed by atoms with E-state index in [-0.39, 0.29) is 18.2 Å². The largest absolute Gasteiger partial charge is 0.493 e. The van der Waals surface area contributed by atoms with E-state index in [2.05, 4.69) is 12.1 Å². The van der Waals surface area contributed by atoms with E-state index in [9.17, 15) is 9.59 Å². The number of carbonyl (C=O) groups excluding carboxylic acids is 2. The van der Waals surface area contributed by atoms with Crippen molar-refractivity contribution in [1.82, 2.24) is 0 Å². The van der Waals surface area contributed by atoms with Crippen molar-refractivity contribution in [3.63, 3.8) is 0 Å². The number of fused-ring (bicyclic) bond motifs is 2. The van der Waals surface area contributed by atoms with Crippen LogP contribution in [0, 0.1) is 0 Å². The highest BCUT2D eigenvalue weighted by Gasteiger charge is 2.12. The molecule has 4 heteroatoms. The van der Waals surface area contributed by atoms with Gasteiger partial charge in [-0.3, -0.25) is 9.59 Å². The number of Topliss-reactive ketones (excluding diaryl/α,β-unsaturated/α-hetero) is 1. The van der Waals surface area contributed by atoms with Crippen LogP contribution in [0.25, 0.3) is 27.3 Å². The summed E-state index contributed by atoms with van der Waals surface area (Å²) in [4.78, 5) is 25.5. The zero-order valence-electron chi connectivity index (χ0n) is 21.7. The van der Waals surface area contributed by atoms with Crippen LogP contribution in [0.5, 0.6) is 0 Å². The van der Waals surface area contributed by atoms with Crippen LogP contribution in [0.1, 0.15) is 39.1 Å². The molecule has 0 saturated heterocycles. The Labute approximate surface area is 228 Å². The molecule has 0 radical (unpaired) electrons. The second-order valence-electron chi connectivity index (χ2n) is 9.36. The molecule has 0 aliphatic heterocycles. The van der Waals surface area contributed by atoms with Crippen LogP contribution in [0.15, 0.2) is 121 Å². The fourth-order valence-corrected chi connectivity index (χ4v) is 4.54. The third kappa shape index (κ3) is 6.67. The van der Waals surface area contributed by atoms with Crippen molar-refractivity contribution in [1.29, 1.82) is 0 Å². The molecule has 0 amide bonds. The number of ether oxygens (including phenoxy) is 2. The molecule has 39 heavy (non-hydrogen) atoms. The number of rotatable bonds is 12. The van der Waals surface area contributed by atoms with Crippen LogP contribution >= 0.6 is 0 Å². The topological polar surface area (TPSA) is 52.6 Å². The molecule has 5 aromatic rings. The summed E-state index contributed by atoms with van der Waals surface area (Å²) in [5.41, 5.74) is 2.15. The van der Waals surface area contributed by atoms with Crippen molar-refractivity contribution in [2.45, 2.75) is 12.8 Å². The van der Waals surface area contributed by atoms with Crippen molar-refractivity contribution < 1.29 is 19.1 Å². The quantitative estimate of drug-likeness (QED) is 0.0735. The fourth-order valence-electron chi connectivity index (χ4n) is 4.54. The Morgan fingerprint density at radius 2 is 1.31 bits per heavy atom. The molecule has 0 atom stereocenters. The first kappa shape index (κ1) is 26.1. The number of hydrogen-bond donors (Lipinski definition) is 0. The maximum absolute atomic E-state index is 13.4. The number of carbonyl (C=O) groups is 2. The van der Waals surface area contributed by atoms with E-state index >= 15 is 0 Å². The molecular weight excluding hydrogens is 484 g/mol. The predicted molar refractivity (Wildman–Crippen MR) is 157 cm³/mol. The Morgan fingerprint density at radius 3 is 2.15 bits per heavy atom.